The maximum atomic E-state index is 12.0. The highest BCUT2D eigenvalue weighted by molar-refractivity contribution is 5.97. The van der Waals surface area contributed by atoms with Crippen LogP contribution in [0.2, 0.25) is 0 Å². The first-order valence-electron chi connectivity index (χ1n) is 5.37. The molecule has 0 aliphatic rings. The number of rotatable bonds is 4. The Balaban J connectivity index is 2.85. The number of nitrogens with zero attached hydrogens (tertiary/aromatic N) is 1. The molecular weight excluding hydrogens is 236 g/mol. The second-order valence-electron chi connectivity index (χ2n) is 3.84. The number of likely N-dealkylation sites (N-methyl/N-ethyl adjacent to an activating group) is 1. The van der Waals surface area contributed by atoms with Gasteiger partial charge in [-0.3, -0.25) is 4.79 Å². The Bertz CT molecular complexity index is 447. The Hall–Kier alpha value is -2.08. The van der Waals surface area contributed by atoms with Crippen molar-refractivity contribution >= 4 is 17.7 Å². The van der Waals surface area contributed by atoms with E-state index >= 15 is 0 Å². The van der Waals surface area contributed by atoms with Crippen LogP contribution in [0.4, 0.5) is 10.5 Å². The minimum absolute atomic E-state index is 0.540. The summed E-state index contributed by atoms with van der Waals surface area (Å²) < 4.78 is 4.53. The van der Waals surface area contributed by atoms with Crippen molar-refractivity contribution in [1.82, 2.24) is 0 Å². The van der Waals surface area contributed by atoms with Crippen LogP contribution in [0.25, 0.3) is 0 Å². The molecule has 3 N–H and O–H groups in total. The molecule has 18 heavy (non-hydrogen) atoms. The van der Waals surface area contributed by atoms with E-state index in [1.807, 2.05) is 13.0 Å². The van der Waals surface area contributed by atoms with Gasteiger partial charge < -0.3 is 20.5 Å². The van der Waals surface area contributed by atoms with Gasteiger partial charge in [0, 0.05) is 12.7 Å². The lowest BCUT2D eigenvalue weighted by Gasteiger charge is -2.22. The molecule has 1 rings (SSSR count). The van der Waals surface area contributed by atoms with Crippen molar-refractivity contribution in [3.63, 3.8) is 0 Å². The second kappa shape index (κ2) is 6.02. The number of benzene rings is 1. The van der Waals surface area contributed by atoms with Crippen LogP contribution in [-0.4, -0.2) is 36.9 Å². The number of aryl methyl sites for hydroxylation is 1. The molecule has 1 aromatic rings. The lowest BCUT2D eigenvalue weighted by molar-refractivity contribution is -0.128. The number of anilines is 1. The largest absolute Gasteiger partial charge is 0.434 e. The van der Waals surface area contributed by atoms with E-state index in [4.69, 9.17) is 10.8 Å². The van der Waals surface area contributed by atoms with E-state index < -0.39 is 24.7 Å². The van der Waals surface area contributed by atoms with Gasteiger partial charge in [-0.05, 0) is 24.6 Å². The van der Waals surface area contributed by atoms with Gasteiger partial charge in [0.2, 0.25) is 6.10 Å². The lowest BCUT2D eigenvalue weighted by Crippen LogP contribution is -2.42. The predicted molar refractivity (Wildman–Crippen MR) is 66.1 cm³/mol. The summed E-state index contributed by atoms with van der Waals surface area (Å²) in [6.45, 7) is 1.28. The number of carbonyl (C=O) groups excluding carboxylic acids is 2. The predicted octanol–water partition coefficient (Wildman–Crippen LogP) is 0.414. The number of primary amides is 1. The van der Waals surface area contributed by atoms with Crippen LogP contribution in [0.1, 0.15) is 5.56 Å². The van der Waals surface area contributed by atoms with Gasteiger partial charge in [-0.1, -0.05) is 12.1 Å². The molecule has 0 aliphatic carbocycles. The number of aliphatic hydroxyl groups excluding tert-OH is 1. The molecule has 1 unspecified atom stereocenters. The van der Waals surface area contributed by atoms with E-state index in [2.05, 4.69) is 4.74 Å². The Morgan fingerprint density at radius 1 is 1.50 bits per heavy atom. The minimum Gasteiger partial charge on any atom is -0.434 e. The summed E-state index contributed by atoms with van der Waals surface area (Å²) in [6.07, 6.45) is -2.38. The average Bonchev–Trinajstić information content (AvgIpc) is 2.34. The van der Waals surface area contributed by atoms with E-state index in [9.17, 15) is 9.59 Å². The van der Waals surface area contributed by atoms with Crippen LogP contribution in [-0.2, 0) is 9.53 Å². The first-order valence-corrected chi connectivity index (χ1v) is 5.37. The van der Waals surface area contributed by atoms with Gasteiger partial charge in [0.15, 0.2) is 0 Å². The van der Waals surface area contributed by atoms with Crippen molar-refractivity contribution in [2.75, 3.05) is 18.6 Å². The number of aliphatic hydroxyl groups is 1. The van der Waals surface area contributed by atoms with Gasteiger partial charge in [0.1, 0.15) is 0 Å². The first-order chi connectivity index (χ1) is 8.45. The maximum absolute atomic E-state index is 12.0. The Kier molecular flexibility index (Phi) is 4.67. The van der Waals surface area contributed by atoms with Gasteiger partial charge in [0.05, 0.1) is 6.61 Å². The molecule has 1 aromatic carbocycles. The smallest absolute Gasteiger partial charge is 0.405 e. The second-order valence-corrected chi connectivity index (χ2v) is 3.84. The molecule has 0 bridgehead atoms. The molecule has 2 amide bonds. The fraction of sp³-hybridized carbons (Fsp3) is 0.333. The molecule has 0 aliphatic heterocycles. The van der Waals surface area contributed by atoms with Crippen LogP contribution < -0.4 is 10.6 Å². The van der Waals surface area contributed by atoms with Gasteiger partial charge in [-0.15, -0.1) is 0 Å². The average molecular weight is 252 g/mol. The van der Waals surface area contributed by atoms with E-state index in [1.54, 1.807) is 18.2 Å². The Morgan fingerprint density at radius 2 is 2.17 bits per heavy atom. The standard InChI is InChI=1S/C12H16N2O4/c1-8-4-3-5-9(6-8)14(2)11(16)10(7-15)18-12(13)17/h3-6,10,15H,7H2,1-2H3,(H2,13,17). The monoisotopic (exact) mass is 252 g/mol. The summed E-state index contributed by atoms with van der Waals surface area (Å²) in [4.78, 5) is 23.9. The fourth-order valence-corrected chi connectivity index (χ4v) is 1.49. The zero-order valence-corrected chi connectivity index (χ0v) is 10.3. The first kappa shape index (κ1) is 14.0. The van der Waals surface area contributed by atoms with Crippen LogP contribution >= 0.6 is 0 Å². The number of hydrogen-bond acceptors (Lipinski definition) is 4. The zero-order valence-electron chi connectivity index (χ0n) is 10.3. The van der Waals surface area contributed by atoms with Gasteiger partial charge >= 0.3 is 6.09 Å². The molecule has 0 heterocycles. The number of amides is 2. The zero-order chi connectivity index (χ0) is 13.7. The molecule has 0 aromatic heterocycles. The quantitative estimate of drug-likeness (QED) is 0.811. The number of ether oxygens (including phenoxy) is 1. The van der Waals surface area contributed by atoms with E-state index in [1.165, 1.54) is 11.9 Å². The highest BCUT2D eigenvalue weighted by Crippen LogP contribution is 2.15. The fourth-order valence-electron chi connectivity index (χ4n) is 1.49. The summed E-state index contributed by atoms with van der Waals surface area (Å²) in [7, 11) is 1.53. The molecule has 0 spiro atoms. The topological polar surface area (TPSA) is 92.9 Å². The SMILES string of the molecule is Cc1cccc(N(C)C(=O)C(CO)OC(N)=O)c1. The van der Waals surface area contributed by atoms with Crippen molar-refractivity contribution in [1.29, 1.82) is 0 Å². The minimum atomic E-state index is -1.28. The van der Waals surface area contributed by atoms with Gasteiger partial charge in [0.25, 0.3) is 5.91 Å². The normalized spacial score (nSPS) is 11.7. The Morgan fingerprint density at radius 3 is 2.67 bits per heavy atom. The van der Waals surface area contributed by atoms with Crippen LogP contribution in [0.15, 0.2) is 24.3 Å². The third kappa shape index (κ3) is 3.46. The molecule has 0 radical (unpaired) electrons. The van der Waals surface area contributed by atoms with Crippen molar-refractivity contribution in [3.8, 4) is 0 Å². The van der Waals surface area contributed by atoms with Crippen molar-refractivity contribution in [2.45, 2.75) is 13.0 Å². The van der Waals surface area contributed by atoms with Gasteiger partial charge in [-0.25, -0.2) is 4.79 Å². The van der Waals surface area contributed by atoms with Crippen LogP contribution in [0.5, 0.6) is 0 Å². The summed E-state index contributed by atoms with van der Waals surface area (Å²) in [5, 5.41) is 9.02. The third-order valence-corrected chi connectivity index (χ3v) is 2.42. The molecule has 0 fully saturated rings. The number of carbonyl (C=O) groups is 2. The van der Waals surface area contributed by atoms with Gasteiger partial charge in [-0.2, -0.15) is 0 Å². The molecule has 6 nitrogen and oxygen atoms in total. The number of hydrogen-bond donors (Lipinski definition) is 2. The van der Waals surface area contributed by atoms with Crippen molar-refractivity contribution in [3.05, 3.63) is 29.8 Å². The van der Waals surface area contributed by atoms with E-state index in [0.717, 1.165) is 5.56 Å². The molecule has 98 valence electrons. The van der Waals surface area contributed by atoms with Crippen LogP contribution in [0, 0.1) is 6.92 Å². The van der Waals surface area contributed by atoms with E-state index in [-0.39, 0.29) is 0 Å². The number of nitrogens with two attached hydrogens (primary N) is 1. The summed E-state index contributed by atoms with van der Waals surface area (Å²) >= 11 is 0. The molecule has 0 saturated carbocycles. The molecular formula is C12H16N2O4. The van der Waals surface area contributed by atoms with Crippen molar-refractivity contribution < 1.29 is 19.4 Å². The third-order valence-electron chi connectivity index (χ3n) is 2.42. The van der Waals surface area contributed by atoms with Crippen molar-refractivity contribution in [2.24, 2.45) is 5.73 Å². The summed E-state index contributed by atoms with van der Waals surface area (Å²) in [5.74, 6) is -0.540. The maximum Gasteiger partial charge on any atom is 0.405 e. The Labute approximate surface area is 105 Å². The summed E-state index contributed by atoms with van der Waals surface area (Å²) in [6, 6.07) is 7.24. The summed E-state index contributed by atoms with van der Waals surface area (Å²) in [5.41, 5.74) is 6.46. The lowest BCUT2D eigenvalue weighted by atomic mass is 10.2. The highest BCUT2D eigenvalue weighted by Gasteiger charge is 2.25. The molecule has 1 atom stereocenters. The molecule has 0 saturated heterocycles. The van der Waals surface area contributed by atoms with E-state index in [0.29, 0.717) is 5.69 Å². The highest BCUT2D eigenvalue weighted by atomic mass is 16.6. The molecule has 6 heteroatoms. The van der Waals surface area contributed by atoms with Crippen LogP contribution in [0.3, 0.4) is 0 Å².